The lowest BCUT2D eigenvalue weighted by atomic mass is 9.88. The highest BCUT2D eigenvalue weighted by Gasteiger charge is 2.34. The van der Waals surface area contributed by atoms with E-state index in [-0.39, 0.29) is 18.0 Å². The lowest BCUT2D eigenvalue weighted by Crippen LogP contribution is -2.41. The van der Waals surface area contributed by atoms with E-state index in [1.807, 2.05) is 12.1 Å². The van der Waals surface area contributed by atoms with Crippen molar-refractivity contribution < 1.29 is 9.13 Å². The molecule has 0 unspecified atom stereocenters. The first kappa shape index (κ1) is 18.5. The number of nitrogens with zero attached hydrogens (tertiary/aromatic N) is 2. The van der Waals surface area contributed by atoms with Crippen molar-refractivity contribution in [1.29, 1.82) is 0 Å². The molecular formula is C23H26FN3O. The van der Waals surface area contributed by atoms with Gasteiger partial charge in [-0.3, -0.25) is 0 Å². The molecule has 0 bridgehead atoms. The van der Waals surface area contributed by atoms with E-state index in [1.165, 1.54) is 23.3 Å². The van der Waals surface area contributed by atoms with Crippen LogP contribution in [0.3, 0.4) is 0 Å². The van der Waals surface area contributed by atoms with E-state index in [2.05, 4.69) is 41.1 Å². The minimum Gasteiger partial charge on any atom is -0.460 e. The van der Waals surface area contributed by atoms with Gasteiger partial charge in [-0.1, -0.05) is 43.0 Å². The maximum Gasteiger partial charge on any atom is 0.288 e. The number of hydrogen-bond donors (Lipinski definition) is 1. The highest BCUT2D eigenvalue weighted by atomic mass is 19.1. The molecule has 2 heterocycles. The number of rotatable bonds is 6. The van der Waals surface area contributed by atoms with E-state index in [4.69, 9.17) is 9.73 Å². The van der Waals surface area contributed by atoms with Crippen LogP contribution < -0.4 is 5.32 Å². The summed E-state index contributed by atoms with van der Waals surface area (Å²) < 4.78 is 19.7. The van der Waals surface area contributed by atoms with E-state index in [0.717, 1.165) is 37.9 Å². The van der Waals surface area contributed by atoms with Crippen molar-refractivity contribution in [2.75, 3.05) is 19.6 Å². The highest BCUT2D eigenvalue weighted by molar-refractivity contribution is 5.77. The predicted molar refractivity (Wildman–Crippen MR) is 110 cm³/mol. The second-order valence-corrected chi connectivity index (χ2v) is 7.26. The largest absolute Gasteiger partial charge is 0.460 e. The molecule has 0 amide bonds. The van der Waals surface area contributed by atoms with Gasteiger partial charge < -0.3 is 15.0 Å². The van der Waals surface area contributed by atoms with E-state index in [1.54, 1.807) is 6.20 Å². The van der Waals surface area contributed by atoms with Gasteiger partial charge in [0.2, 0.25) is 0 Å². The zero-order valence-electron chi connectivity index (χ0n) is 16.0. The second-order valence-electron chi connectivity index (χ2n) is 7.26. The molecule has 5 heteroatoms. The molecule has 2 aromatic carbocycles. The van der Waals surface area contributed by atoms with Gasteiger partial charge in [0.1, 0.15) is 11.9 Å². The van der Waals surface area contributed by atoms with Crippen LogP contribution in [-0.4, -0.2) is 36.7 Å². The Morgan fingerprint density at radius 1 is 1.21 bits per heavy atom. The summed E-state index contributed by atoms with van der Waals surface area (Å²) in [5.41, 5.74) is 3.63. The highest BCUT2D eigenvalue weighted by Crippen LogP contribution is 2.36. The number of hydrogen-bond acceptors (Lipinski definition) is 4. The molecule has 0 spiro atoms. The maximum absolute atomic E-state index is 13.5. The number of halogens is 1. The Morgan fingerprint density at radius 2 is 2.04 bits per heavy atom. The average Bonchev–Trinajstić information content (AvgIpc) is 3.20. The standard InChI is InChI=1S/C23H26FN3O/c1-2-25-14-5-7-20-16-26-23(28-20)27-15-13-17-6-3-4-8-21(17)22(27)18-9-11-19(24)12-10-18/h2-4,6,8-12,20,22,25H,1,5,7,13-16H2/t20-,22+/m1/s1. The van der Waals surface area contributed by atoms with Gasteiger partial charge in [0.25, 0.3) is 6.02 Å². The summed E-state index contributed by atoms with van der Waals surface area (Å²) in [6.45, 7) is 6.09. The van der Waals surface area contributed by atoms with Gasteiger partial charge in [-0.15, -0.1) is 0 Å². The van der Waals surface area contributed by atoms with Crippen LogP contribution in [-0.2, 0) is 11.2 Å². The smallest absolute Gasteiger partial charge is 0.288 e. The molecule has 1 N–H and O–H groups in total. The number of nitrogens with one attached hydrogen (secondary N) is 1. The van der Waals surface area contributed by atoms with Crippen LogP contribution in [0.2, 0.25) is 0 Å². The molecule has 146 valence electrons. The molecule has 0 aromatic heterocycles. The van der Waals surface area contributed by atoms with Gasteiger partial charge in [-0.2, -0.15) is 0 Å². The van der Waals surface area contributed by atoms with E-state index >= 15 is 0 Å². The molecule has 0 fully saturated rings. The summed E-state index contributed by atoms with van der Waals surface area (Å²) in [6.07, 6.45) is 4.76. The zero-order chi connectivity index (χ0) is 19.3. The summed E-state index contributed by atoms with van der Waals surface area (Å²) in [5, 5.41) is 3.12. The fourth-order valence-electron chi connectivity index (χ4n) is 4.02. The summed E-state index contributed by atoms with van der Waals surface area (Å²) in [6, 6.07) is 16.0. The third kappa shape index (κ3) is 3.88. The molecule has 4 rings (SSSR count). The van der Waals surface area contributed by atoms with Crippen molar-refractivity contribution >= 4 is 6.02 Å². The topological polar surface area (TPSA) is 36.9 Å². The molecule has 2 aromatic rings. The molecule has 0 saturated heterocycles. The first-order valence-electron chi connectivity index (χ1n) is 9.91. The van der Waals surface area contributed by atoms with Crippen LogP contribution in [0.5, 0.6) is 0 Å². The second kappa shape index (κ2) is 8.46. The molecule has 2 aliphatic rings. The van der Waals surface area contributed by atoms with Crippen LogP contribution in [0.15, 0.2) is 66.3 Å². The molecule has 28 heavy (non-hydrogen) atoms. The van der Waals surface area contributed by atoms with E-state index < -0.39 is 0 Å². The fraction of sp³-hybridized carbons (Fsp3) is 0.348. The number of amidine groups is 1. The fourth-order valence-corrected chi connectivity index (χ4v) is 4.02. The van der Waals surface area contributed by atoms with Gasteiger partial charge in [0.15, 0.2) is 0 Å². The summed E-state index contributed by atoms with van der Waals surface area (Å²) in [4.78, 5) is 6.95. The maximum atomic E-state index is 13.5. The van der Waals surface area contributed by atoms with Crippen LogP contribution in [0.1, 0.15) is 35.6 Å². The Kier molecular flexibility index (Phi) is 5.60. The number of fused-ring (bicyclic) bond motifs is 1. The van der Waals surface area contributed by atoms with Crippen molar-refractivity contribution in [2.45, 2.75) is 31.4 Å². The summed E-state index contributed by atoms with van der Waals surface area (Å²) in [7, 11) is 0. The lowest BCUT2D eigenvalue weighted by Gasteiger charge is -2.38. The Hall–Kier alpha value is -2.82. The predicted octanol–water partition coefficient (Wildman–Crippen LogP) is 4.04. The van der Waals surface area contributed by atoms with E-state index in [9.17, 15) is 4.39 Å². The van der Waals surface area contributed by atoms with Gasteiger partial charge in [0, 0.05) is 13.1 Å². The first-order valence-corrected chi connectivity index (χ1v) is 9.91. The van der Waals surface area contributed by atoms with Gasteiger partial charge in [0.05, 0.1) is 12.6 Å². The monoisotopic (exact) mass is 379 g/mol. The summed E-state index contributed by atoms with van der Waals surface area (Å²) >= 11 is 0. The van der Waals surface area contributed by atoms with Crippen LogP contribution in [0, 0.1) is 5.82 Å². The van der Waals surface area contributed by atoms with Crippen molar-refractivity contribution in [3.8, 4) is 0 Å². The first-order chi connectivity index (χ1) is 13.8. The third-order valence-corrected chi connectivity index (χ3v) is 5.41. The van der Waals surface area contributed by atoms with E-state index in [0.29, 0.717) is 12.6 Å². The normalized spacial score (nSPS) is 20.9. The molecular weight excluding hydrogens is 353 g/mol. The molecule has 0 radical (unpaired) electrons. The Labute approximate surface area is 165 Å². The number of aliphatic imine (C=N–C) groups is 1. The third-order valence-electron chi connectivity index (χ3n) is 5.41. The lowest BCUT2D eigenvalue weighted by molar-refractivity contribution is 0.159. The minimum absolute atomic E-state index is 0.00881. The Bertz CT molecular complexity index is 849. The Morgan fingerprint density at radius 3 is 2.86 bits per heavy atom. The number of benzene rings is 2. The zero-order valence-corrected chi connectivity index (χ0v) is 16.0. The number of ether oxygens (including phenoxy) is 1. The average molecular weight is 379 g/mol. The molecule has 0 aliphatic carbocycles. The van der Waals surface area contributed by atoms with Crippen LogP contribution >= 0.6 is 0 Å². The van der Waals surface area contributed by atoms with Crippen molar-refractivity contribution in [1.82, 2.24) is 10.2 Å². The molecule has 4 nitrogen and oxygen atoms in total. The van der Waals surface area contributed by atoms with Crippen molar-refractivity contribution in [3.63, 3.8) is 0 Å². The molecule has 0 saturated carbocycles. The van der Waals surface area contributed by atoms with Crippen molar-refractivity contribution in [3.05, 3.63) is 83.8 Å². The summed E-state index contributed by atoms with van der Waals surface area (Å²) in [5.74, 6) is -0.220. The quantitative estimate of drug-likeness (QED) is 0.770. The van der Waals surface area contributed by atoms with Crippen LogP contribution in [0.4, 0.5) is 4.39 Å². The minimum atomic E-state index is -0.220. The van der Waals surface area contributed by atoms with Crippen molar-refractivity contribution in [2.24, 2.45) is 4.99 Å². The molecule has 2 aliphatic heterocycles. The van der Waals surface area contributed by atoms with Gasteiger partial charge in [-0.05, 0) is 54.3 Å². The molecule has 2 atom stereocenters. The Balaban J connectivity index is 1.54. The SMILES string of the molecule is C=CNCCC[C@@H]1CN=C(N2CCc3ccccc3[C@@H]2c2ccc(F)cc2)O1. The van der Waals surface area contributed by atoms with Crippen LogP contribution in [0.25, 0.3) is 0 Å². The van der Waals surface area contributed by atoms with Gasteiger partial charge >= 0.3 is 0 Å². The van der Waals surface area contributed by atoms with Gasteiger partial charge in [-0.25, -0.2) is 9.38 Å².